The van der Waals surface area contributed by atoms with Gasteiger partial charge in [0, 0.05) is 32.3 Å². The van der Waals surface area contributed by atoms with Gasteiger partial charge in [-0.05, 0) is 17.2 Å². The van der Waals surface area contributed by atoms with Crippen molar-refractivity contribution in [2.75, 3.05) is 6.61 Å². The maximum absolute atomic E-state index is 12.2. The largest absolute Gasteiger partial charge is 0.445 e. The number of benzene rings is 2. The fourth-order valence-electron chi connectivity index (χ4n) is 3.08. The van der Waals surface area contributed by atoms with Crippen molar-refractivity contribution in [1.29, 1.82) is 0 Å². The van der Waals surface area contributed by atoms with Crippen LogP contribution in [0, 0.1) is 0 Å². The molecule has 33 heavy (non-hydrogen) atoms. The van der Waals surface area contributed by atoms with Crippen LogP contribution in [0.15, 0.2) is 60.8 Å². The number of hydrogen-bond donors (Lipinski definition) is 1. The number of amides is 1. The number of ether oxygens (including phenoxy) is 2. The van der Waals surface area contributed by atoms with Gasteiger partial charge >= 0.3 is 6.09 Å². The summed E-state index contributed by atoms with van der Waals surface area (Å²) in [5.74, 6) is 1.18. The summed E-state index contributed by atoms with van der Waals surface area (Å²) in [6.07, 6.45) is 1.47. The molecule has 0 fully saturated rings. The number of carbonyl (C=O) groups is 1. The minimum Gasteiger partial charge on any atom is -0.445 e. The number of halogens is 1. The Bertz CT molecular complexity index is 1020. The smallest absolute Gasteiger partial charge is 0.407 e. The van der Waals surface area contributed by atoms with Crippen LogP contribution in [-0.4, -0.2) is 30.3 Å². The van der Waals surface area contributed by atoms with E-state index in [0.29, 0.717) is 25.0 Å². The summed E-state index contributed by atoms with van der Waals surface area (Å²) >= 11 is 5.91. The molecule has 3 aromatic rings. The lowest BCUT2D eigenvalue weighted by Crippen LogP contribution is -2.26. The van der Waals surface area contributed by atoms with Gasteiger partial charge in [0.05, 0.1) is 12.2 Å². The Morgan fingerprint density at radius 3 is 2.45 bits per heavy atom. The van der Waals surface area contributed by atoms with Crippen LogP contribution in [0.2, 0.25) is 25.7 Å². The van der Waals surface area contributed by atoms with Crippen molar-refractivity contribution in [2.24, 2.45) is 0 Å². The second-order valence-electron chi connectivity index (χ2n) is 9.11. The molecule has 6 nitrogen and oxygen atoms in total. The number of nitrogens with zero attached hydrogens (tertiary/aromatic N) is 2. The van der Waals surface area contributed by atoms with Gasteiger partial charge in [-0.15, -0.1) is 11.6 Å². The molecule has 0 bridgehead atoms. The number of nitrogens with one attached hydrogen (secondary N) is 1. The van der Waals surface area contributed by atoms with Crippen LogP contribution in [0.1, 0.15) is 17.0 Å². The molecular formula is C25H32ClN3O3Si. The van der Waals surface area contributed by atoms with E-state index in [1.54, 1.807) is 0 Å². The van der Waals surface area contributed by atoms with Gasteiger partial charge in [0.2, 0.25) is 0 Å². The van der Waals surface area contributed by atoms with Gasteiger partial charge in [-0.1, -0.05) is 74.2 Å². The molecule has 8 heteroatoms. The molecule has 0 saturated carbocycles. The van der Waals surface area contributed by atoms with Crippen LogP contribution >= 0.6 is 11.6 Å². The SMILES string of the molecule is C[Si](C)(C)CCOCn1cc(-c2ccc(CCl)cc2)nc1CNC(=O)OCc1ccccc1. The molecule has 176 valence electrons. The van der Waals surface area contributed by atoms with Crippen LogP contribution in [0.25, 0.3) is 11.3 Å². The fourth-order valence-corrected chi connectivity index (χ4v) is 4.01. The van der Waals surface area contributed by atoms with E-state index >= 15 is 0 Å². The minimum absolute atomic E-state index is 0.221. The van der Waals surface area contributed by atoms with Gasteiger partial charge in [-0.3, -0.25) is 0 Å². The van der Waals surface area contributed by atoms with Gasteiger partial charge in [0.1, 0.15) is 19.2 Å². The highest BCUT2D eigenvalue weighted by Crippen LogP contribution is 2.20. The number of alkyl carbamates (subject to hydrolysis) is 1. The first kappa shape index (κ1) is 25.0. The molecule has 0 radical (unpaired) electrons. The molecule has 2 aromatic carbocycles. The number of aromatic nitrogens is 2. The van der Waals surface area contributed by atoms with Crippen LogP contribution in [0.4, 0.5) is 4.79 Å². The van der Waals surface area contributed by atoms with Gasteiger partial charge in [-0.2, -0.15) is 0 Å². The zero-order valence-electron chi connectivity index (χ0n) is 19.5. The Balaban J connectivity index is 1.64. The van der Waals surface area contributed by atoms with Gasteiger partial charge in [0.25, 0.3) is 0 Å². The molecule has 1 aromatic heterocycles. The lowest BCUT2D eigenvalue weighted by molar-refractivity contribution is 0.0845. The maximum atomic E-state index is 12.2. The molecule has 0 spiro atoms. The summed E-state index contributed by atoms with van der Waals surface area (Å²) in [6.45, 7) is 8.53. The molecule has 1 heterocycles. The summed E-state index contributed by atoms with van der Waals surface area (Å²) in [4.78, 5) is 17.0. The van der Waals surface area contributed by atoms with E-state index in [9.17, 15) is 4.79 Å². The summed E-state index contributed by atoms with van der Waals surface area (Å²) in [7, 11) is -1.17. The maximum Gasteiger partial charge on any atom is 0.407 e. The third-order valence-corrected chi connectivity index (χ3v) is 7.11. The third-order valence-electron chi connectivity index (χ3n) is 5.09. The Hall–Kier alpha value is -2.61. The molecule has 0 aliphatic heterocycles. The van der Waals surface area contributed by atoms with Gasteiger partial charge < -0.3 is 19.4 Å². The highest BCUT2D eigenvalue weighted by Gasteiger charge is 2.14. The third kappa shape index (κ3) is 8.35. The van der Waals surface area contributed by atoms with Crippen molar-refractivity contribution in [3.63, 3.8) is 0 Å². The van der Waals surface area contributed by atoms with E-state index in [1.807, 2.05) is 65.4 Å². The van der Waals surface area contributed by atoms with Crippen molar-refractivity contribution in [3.05, 3.63) is 77.7 Å². The first-order valence-electron chi connectivity index (χ1n) is 11.1. The zero-order chi connectivity index (χ0) is 23.7. The molecular weight excluding hydrogens is 454 g/mol. The lowest BCUT2D eigenvalue weighted by atomic mass is 10.1. The van der Waals surface area contributed by atoms with E-state index in [0.717, 1.165) is 28.4 Å². The summed E-state index contributed by atoms with van der Waals surface area (Å²) in [5, 5.41) is 2.80. The number of alkyl halides is 1. The van der Waals surface area contributed by atoms with E-state index in [4.69, 9.17) is 26.1 Å². The standard InChI is InChI=1S/C25H32ClN3O3Si/c1-33(2,3)14-13-31-19-29-17-23(22-11-9-20(15-26)10-12-22)28-24(29)16-27-25(30)32-18-21-7-5-4-6-8-21/h4-12,17H,13-16,18-19H2,1-3H3,(H,27,30). The molecule has 1 N–H and O–H groups in total. The fraction of sp³-hybridized carbons (Fsp3) is 0.360. The molecule has 1 amide bonds. The second-order valence-corrected chi connectivity index (χ2v) is 15.0. The normalized spacial score (nSPS) is 11.4. The summed E-state index contributed by atoms with van der Waals surface area (Å²) in [5.41, 5.74) is 3.79. The first-order chi connectivity index (χ1) is 15.8. The molecule has 0 unspecified atom stereocenters. The van der Waals surface area contributed by atoms with E-state index in [1.165, 1.54) is 0 Å². The number of imidazole rings is 1. The monoisotopic (exact) mass is 485 g/mol. The van der Waals surface area contributed by atoms with Crippen LogP contribution < -0.4 is 5.32 Å². The molecule has 0 atom stereocenters. The van der Waals surface area contributed by atoms with Crippen molar-refractivity contribution < 1.29 is 14.3 Å². The Morgan fingerprint density at radius 1 is 1.06 bits per heavy atom. The highest BCUT2D eigenvalue weighted by atomic mass is 35.5. The predicted molar refractivity (Wildman–Crippen MR) is 135 cm³/mol. The highest BCUT2D eigenvalue weighted by molar-refractivity contribution is 6.76. The average molecular weight is 486 g/mol. The van der Waals surface area contributed by atoms with Crippen LogP contribution in [-0.2, 0) is 35.2 Å². The number of rotatable bonds is 11. The van der Waals surface area contributed by atoms with Gasteiger partial charge in [0.15, 0.2) is 0 Å². The van der Waals surface area contributed by atoms with Crippen molar-refractivity contribution >= 4 is 25.8 Å². The Labute approximate surface area is 201 Å². The van der Waals surface area contributed by atoms with Gasteiger partial charge in [-0.25, -0.2) is 9.78 Å². The topological polar surface area (TPSA) is 65.4 Å². The number of hydrogen-bond acceptors (Lipinski definition) is 4. The van der Waals surface area contributed by atoms with Crippen molar-refractivity contribution in [3.8, 4) is 11.3 Å². The zero-order valence-corrected chi connectivity index (χ0v) is 21.3. The molecule has 0 saturated heterocycles. The Kier molecular flexibility index (Phi) is 9.11. The molecule has 0 aliphatic carbocycles. The van der Waals surface area contributed by atoms with Crippen LogP contribution in [0.5, 0.6) is 0 Å². The quantitative estimate of drug-likeness (QED) is 0.204. The molecule has 3 rings (SSSR count). The second kappa shape index (κ2) is 12.0. The van der Waals surface area contributed by atoms with E-state index in [-0.39, 0.29) is 13.2 Å². The average Bonchev–Trinajstić information content (AvgIpc) is 3.22. The minimum atomic E-state index is -1.17. The summed E-state index contributed by atoms with van der Waals surface area (Å²) < 4.78 is 13.2. The number of carbonyl (C=O) groups excluding carboxylic acids is 1. The predicted octanol–water partition coefficient (Wildman–Crippen LogP) is 6.03. The Morgan fingerprint density at radius 2 is 1.79 bits per heavy atom. The molecule has 0 aliphatic rings. The van der Waals surface area contributed by atoms with Crippen LogP contribution in [0.3, 0.4) is 0 Å². The van der Waals surface area contributed by atoms with Crippen molar-refractivity contribution in [1.82, 2.24) is 14.9 Å². The van der Waals surface area contributed by atoms with Crippen molar-refractivity contribution in [2.45, 2.75) is 51.4 Å². The first-order valence-corrected chi connectivity index (χ1v) is 15.3. The van der Waals surface area contributed by atoms with E-state index in [2.05, 4.69) is 25.0 Å². The van der Waals surface area contributed by atoms with E-state index < -0.39 is 14.2 Å². The lowest BCUT2D eigenvalue weighted by Gasteiger charge is -2.16. The summed E-state index contributed by atoms with van der Waals surface area (Å²) in [6, 6.07) is 18.7.